The fourth-order valence-corrected chi connectivity index (χ4v) is 5.96. The zero-order chi connectivity index (χ0) is 35.5. The van der Waals surface area contributed by atoms with Crippen molar-refractivity contribution in [2.45, 2.75) is 31.9 Å². The molecule has 0 bridgehead atoms. The molecule has 3 aromatic carbocycles. The van der Waals surface area contributed by atoms with Gasteiger partial charge in [0.15, 0.2) is 0 Å². The molecule has 1 saturated heterocycles. The van der Waals surface area contributed by atoms with E-state index in [-0.39, 0.29) is 6.03 Å². The van der Waals surface area contributed by atoms with Gasteiger partial charge in [-0.25, -0.2) is 19.3 Å². The van der Waals surface area contributed by atoms with E-state index in [1.165, 1.54) is 16.7 Å². The molecule has 3 heterocycles. The van der Waals surface area contributed by atoms with Crippen LogP contribution in [0.4, 0.5) is 18.0 Å². The maximum atomic E-state index is 12.0. The molecule has 0 saturated carbocycles. The number of hydrogen-bond acceptors (Lipinski definition) is 8. The quantitative estimate of drug-likeness (QED) is 0.140. The first-order valence-corrected chi connectivity index (χ1v) is 16.8. The Morgan fingerprint density at radius 3 is 2.42 bits per heavy atom. The van der Waals surface area contributed by atoms with Crippen molar-refractivity contribution in [1.82, 2.24) is 30.2 Å². The molecule has 1 aliphatic heterocycles. The average molecular weight is 708 g/mol. The molecular weight excluding hydrogens is 671 g/mol. The summed E-state index contributed by atoms with van der Waals surface area (Å²) in [5, 5.41) is 21.6. The van der Waals surface area contributed by atoms with Crippen LogP contribution in [0.2, 0.25) is 0 Å². The normalized spacial score (nSPS) is 12.7. The predicted molar refractivity (Wildman–Crippen MR) is 183 cm³/mol. The smallest absolute Gasteiger partial charge is 0.490 e. The van der Waals surface area contributed by atoms with E-state index in [4.69, 9.17) is 25.4 Å². The molecule has 4 N–H and O–H groups in total. The number of nitrogens with zero attached hydrogens (tertiary/aromatic N) is 5. The Labute approximate surface area is 290 Å². The minimum absolute atomic E-state index is 0.0514. The highest BCUT2D eigenvalue weighted by Gasteiger charge is 2.38. The van der Waals surface area contributed by atoms with Gasteiger partial charge in [-0.15, -0.1) is 16.4 Å². The molecule has 0 unspecified atom stereocenters. The van der Waals surface area contributed by atoms with Crippen LogP contribution >= 0.6 is 11.3 Å². The van der Waals surface area contributed by atoms with Gasteiger partial charge in [0.05, 0.1) is 35.4 Å². The zero-order valence-electron chi connectivity index (χ0n) is 27.0. The fourth-order valence-electron chi connectivity index (χ4n) is 5.07. The van der Waals surface area contributed by atoms with E-state index < -0.39 is 12.1 Å². The highest BCUT2D eigenvalue weighted by molar-refractivity contribution is 7.13. The van der Waals surface area contributed by atoms with Crippen molar-refractivity contribution in [3.05, 3.63) is 101 Å². The van der Waals surface area contributed by atoms with Gasteiger partial charge in [0.2, 0.25) is 0 Å². The summed E-state index contributed by atoms with van der Waals surface area (Å²) >= 11 is 1.61. The number of rotatable bonds is 13. The molecular formula is C35H36F3N7O4S. The summed E-state index contributed by atoms with van der Waals surface area (Å²) < 4.78 is 39.8. The van der Waals surface area contributed by atoms with Crippen LogP contribution in [-0.2, 0) is 24.1 Å². The van der Waals surface area contributed by atoms with Crippen LogP contribution in [0.3, 0.4) is 0 Å². The van der Waals surface area contributed by atoms with Gasteiger partial charge in [-0.1, -0.05) is 59.8 Å². The highest BCUT2D eigenvalue weighted by Crippen LogP contribution is 2.34. The SMILES string of the molecule is NCCCc1cn(-c2ccc(-c3nc(CCc4ccc(-c5ccccc5)cc4)cs3)c(OCCN3CCNC3=O)c2)nn1.O=C(O)C(F)(F)F. The molecule has 1 aliphatic rings. The number of thiazole rings is 1. The van der Waals surface area contributed by atoms with Crippen LogP contribution in [0.5, 0.6) is 5.75 Å². The van der Waals surface area contributed by atoms with Gasteiger partial charge in [0.25, 0.3) is 0 Å². The first-order chi connectivity index (χ1) is 24.1. The van der Waals surface area contributed by atoms with Gasteiger partial charge in [0, 0.05) is 24.5 Å². The zero-order valence-corrected chi connectivity index (χ0v) is 27.8. The Balaban J connectivity index is 0.000000630. The van der Waals surface area contributed by atoms with Crippen molar-refractivity contribution in [3.63, 3.8) is 0 Å². The number of nitrogens with one attached hydrogen (secondary N) is 1. The average Bonchev–Trinajstić information content (AvgIpc) is 3.89. The third kappa shape index (κ3) is 9.89. The van der Waals surface area contributed by atoms with E-state index in [0.29, 0.717) is 38.5 Å². The van der Waals surface area contributed by atoms with Crippen LogP contribution in [-0.4, -0.2) is 80.9 Å². The topological polar surface area (TPSA) is 148 Å². The number of urea groups is 1. The van der Waals surface area contributed by atoms with Gasteiger partial charge in [0.1, 0.15) is 17.4 Å². The number of alkyl halides is 3. The molecule has 6 rings (SSSR count). The molecule has 1 fully saturated rings. The number of carbonyl (C=O) groups excluding carboxylic acids is 1. The van der Waals surface area contributed by atoms with E-state index >= 15 is 0 Å². The highest BCUT2D eigenvalue weighted by atomic mass is 32.1. The molecule has 0 spiro atoms. The lowest BCUT2D eigenvalue weighted by molar-refractivity contribution is -0.192. The number of nitrogens with two attached hydrogens (primary N) is 1. The largest absolute Gasteiger partial charge is 0.491 e. The summed E-state index contributed by atoms with van der Waals surface area (Å²) in [6, 6.07) is 25.1. The van der Waals surface area contributed by atoms with E-state index in [2.05, 4.69) is 69.5 Å². The van der Waals surface area contributed by atoms with E-state index in [9.17, 15) is 18.0 Å². The van der Waals surface area contributed by atoms with E-state index in [0.717, 1.165) is 53.3 Å². The van der Waals surface area contributed by atoms with Crippen LogP contribution in [0.1, 0.15) is 23.4 Å². The standard InChI is InChI=1S/C33H35N7O2S.C2HF3O2/c34-16-4-7-27-22-40(38-37-27)29-14-15-30(31(21-29)42-20-19-39-18-17-35-33(39)41)32-36-28(23-43-32)13-10-24-8-11-26(12-9-24)25-5-2-1-3-6-25;3-2(4,5)1(6)7/h1-3,5-6,8-9,11-12,14-15,21-23H,4,7,10,13,16-20,34H2,(H,35,41);(H,6,7). The Kier molecular flexibility index (Phi) is 12.2. The fraction of sp³-hybridized carbons (Fsp3) is 0.286. The molecule has 11 nitrogen and oxygen atoms in total. The predicted octanol–water partition coefficient (Wildman–Crippen LogP) is 5.77. The van der Waals surface area contributed by atoms with E-state index in [1.807, 2.05) is 30.5 Å². The number of benzene rings is 3. The van der Waals surface area contributed by atoms with Crippen molar-refractivity contribution in [3.8, 4) is 33.1 Å². The van der Waals surface area contributed by atoms with Crippen LogP contribution in [0, 0.1) is 0 Å². The molecule has 15 heteroatoms. The maximum absolute atomic E-state index is 12.0. The number of hydrogen-bond donors (Lipinski definition) is 3. The van der Waals surface area contributed by atoms with E-state index in [1.54, 1.807) is 20.9 Å². The summed E-state index contributed by atoms with van der Waals surface area (Å²) in [7, 11) is 0. The summed E-state index contributed by atoms with van der Waals surface area (Å²) in [5.41, 5.74) is 13.1. The van der Waals surface area contributed by atoms with Gasteiger partial charge >= 0.3 is 18.2 Å². The van der Waals surface area contributed by atoms with Crippen LogP contribution in [0.25, 0.3) is 27.4 Å². The van der Waals surface area contributed by atoms with Crippen molar-refractivity contribution in [1.29, 1.82) is 0 Å². The number of aryl methyl sites for hydroxylation is 3. The van der Waals surface area contributed by atoms with Crippen LogP contribution < -0.4 is 15.8 Å². The Morgan fingerprint density at radius 1 is 1.00 bits per heavy atom. The number of aromatic nitrogens is 4. The van der Waals surface area contributed by atoms with Crippen molar-refractivity contribution >= 4 is 23.3 Å². The number of carboxylic acids is 1. The molecule has 0 atom stereocenters. The van der Waals surface area contributed by atoms with Crippen molar-refractivity contribution in [2.75, 3.05) is 32.8 Å². The summed E-state index contributed by atoms with van der Waals surface area (Å²) in [6.45, 7) is 2.85. The molecule has 2 amide bonds. The molecule has 5 aromatic rings. The maximum Gasteiger partial charge on any atom is 0.490 e. The minimum Gasteiger partial charge on any atom is -0.491 e. The molecule has 0 aliphatic carbocycles. The number of carboxylic acid groups (broad SMARTS) is 1. The minimum atomic E-state index is -5.08. The van der Waals surface area contributed by atoms with Gasteiger partial charge in [-0.3, -0.25) is 0 Å². The second kappa shape index (κ2) is 16.9. The lowest BCUT2D eigenvalue weighted by Gasteiger charge is -2.16. The Hall–Kier alpha value is -5.28. The first kappa shape index (κ1) is 36.0. The summed E-state index contributed by atoms with van der Waals surface area (Å²) in [6.07, 6.45) is 0.258. The number of amides is 2. The summed E-state index contributed by atoms with van der Waals surface area (Å²) in [5.74, 6) is -2.05. The Morgan fingerprint density at radius 2 is 1.74 bits per heavy atom. The van der Waals surface area contributed by atoms with Crippen molar-refractivity contribution < 1.29 is 32.6 Å². The molecule has 262 valence electrons. The van der Waals surface area contributed by atoms with Gasteiger partial charge < -0.3 is 25.8 Å². The van der Waals surface area contributed by atoms with Gasteiger partial charge in [-0.05, 0) is 61.1 Å². The third-order valence-corrected chi connectivity index (χ3v) is 8.65. The van der Waals surface area contributed by atoms with Gasteiger partial charge in [-0.2, -0.15) is 13.2 Å². The number of halogens is 3. The lowest BCUT2D eigenvalue weighted by Crippen LogP contribution is -2.31. The van der Waals surface area contributed by atoms with Crippen LogP contribution in [0.15, 0.2) is 84.4 Å². The molecule has 2 aromatic heterocycles. The summed E-state index contributed by atoms with van der Waals surface area (Å²) in [4.78, 5) is 27.6. The molecule has 0 radical (unpaired) electrons. The third-order valence-electron chi connectivity index (χ3n) is 7.73. The molecule has 50 heavy (non-hydrogen) atoms. The second-order valence-corrected chi connectivity index (χ2v) is 12.2. The number of ether oxygens (including phenoxy) is 1. The number of carbonyl (C=O) groups is 2. The monoisotopic (exact) mass is 707 g/mol. The lowest BCUT2D eigenvalue weighted by atomic mass is 10.0. The van der Waals surface area contributed by atoms with Crippen molar-refractivity contribution in [2.24, 2.45) is 5.73 Å². The Bertz CT molecular complexity index is 1860. The number of aliphatic carboxylic acids is 1. The second-order valence-electron chi connectivity index (χ2n) is 11.3. The first-order valence-electron chi connectivity index (χ1n) is 15.9.